The van der Waals surface area contributed by atoms with Gasteiger partial charge in [0.25, 0.3) is 0 Å². The summed E-state index contributed by atoms with van der Waals surface area (Å²) in [4.78, 5) is 12.7. The zero-order chi connectivity index (χ0) is 11.7. The maximum Gasteiger partial charge on any atom is 0.204 e. The number of halogens is 2. The summed E-state index contributed by atoms with van der Waals surface area (Å²) >= 11 is 13.2. The van der Waals surface area contributed by atoms with Crippen molar-refractivity contribution < 1.29 is 4.79 Å². The van der Waals surface area contributed by atoms with E-state index in [1.165, 1.54) is 11.3 Å². The van der Waals surface area contributed by atoms with Gasteiger partial charge in [-0.1, -0.05) is 23.2 Å². The highest BCUT2D eigenvalue weighted by atomic mass is 35.5. The van der Waals surface area contributed by atoms with Crippen LogP contribution in [0.2, 0.25) is 10.0 Å². The number of carbonyl (C=O) groups excluding carboxylic acids is 1. The normalized spacial score (nSPS) is 10.4. The van der Waals surface area contributed by atoms with Gasteiger partial charge in [0.05, 0.1) is 9.90 Å². The lowest BCUT2D eigenvalue weighted by molar-refractivity contribution is 0.104. The molecule has 0 atom stereocenters. The molecule has 0 radical (unpaired) electrons. The molecule has 0 aliphatic carbocycles. The van der Waals surface area contributed by atoms with Crippen molar-refractivity contribution in [2.75, 3.05) is 0 Å². The van der Waals surface area contributed by atoms with Gasteiger partial charge in [-0.2, -0.15) is 0 Å². The van der Waals surface area contributed by atoms with E-state index in [0.29, 0.717) is 20.5 Å². The molecule has 0 aliphatic heterocycles. The molecule has 0 N–H and O–H groups in total. The van der Waals surface area contributed by atoms with Crippen LogP contribution in [0.25, 0.3) is 0 Å². The van der Waals surface area contributed by atoms with Gasteiger partial charge in [0.15, 0.2) is 0 Å². The smallest absolute Gasteiger partial charge is 0.204 e. The van der Waals surface area contributed by atoms with Gasteiger partial charge < -0.3 is 0 Å². The van der Waals surface area contributed by atoms with Crippen LogP contribution >= 0.6 is 34.5 Å². The quantitative estimate of drug-likeness (QED) is 0.730. The maximum atomic E-state index is 12.1. The molecule has 2 aromatic rings. The van der Waals surface area contributed by atoms with Crippen molar-refractivity contribution in [3.8, 4) is 0 Å². The van der Waals surface area contributed by atoms with E-state index in [4.69, 9.17) is 23.2 Å². The topological polar surface area (TPSA) is 17.1 Å². The Bertz CT molecular complexity index is 528. The van der Waals surface area contributed by atoms with Crippen LogP contribution < -0.4 is 0 Å². The predicted molar refractivity (Wildman–Crippen MR) is 69.0 cm³/mol. The highest BCUT2D eigenvalue weighted by Crippen LogP contribution is 2.29. The Hall–Kier alpha value is -0.830. The molecule has 4 heteroatoms. The second-order valence-corrected chi connectivity index (χ2v) is 5.09. The third-order valence-electron chi connectivity index (χ3n) is 2.21. The van der Waals surface area contributed by atoms with Gasteiger partial charge in [-0.05, 0) is 42.1 Å². The summed E-state index contributed by atoms with van der Waals surface area (Å²) in [5.41, 5.74) is 1.54. The number of rotatable bonds is 2. The lowest BCUT2D eigenvalue weighted by Crippen LogP contribution is -1.98. The number of hydrogen-bond acceptors (Lipinski definition) is 2. The van der Waals surface area contributed by atoms with Gasteiger partial charge in [-0.25, -0.2) is 0 Å². The number of aryl methyl sites for hydroxylation is 1. The minimum Gasteiger partial charge on any atom is -0.288 e. The SMILES string of the molecule is Cc1csc(C(=O)c2ccc(Cl)cc2)c1Cl. The molecule has 1 heterocycles. The highest BCUT2D eigenvalue weighted by Gasteiger charge is 2.16. The molecule has 0 unspecified atom stereocenters. The van der Waals surface area contributed by atoms with Gasteiger partial charge in [0.1, 0.15) is 0 Å². The summed E-state index contributed by atoms with van der Waals surface area (Å²) in [6, 6.07) is 6.80. The van der Waals surface area contributed by atoms with Crippen LogP contribution in [0.15, 0.2) is 29.6 Å². The second-order valence-electron chi connectivity index (χ2n) is 3.40. The zero-order valence-corrected chi connectivity index (χ0v) is 10.8. The first kappa shape index (κ1) is 11.6. The molecule has 82 valence electrons. The number of hydrogen-bond donors (Lipinski definition) is 0. The zero-order valence-electron chi connectivity index (χ0n) is 8.46. The Morgan fingerprint density at radius 3 is 2.31 bits per heavy atom. The summed E-state index contributed by atoms with van der Waals surface area (Å²) in [6.45, 7) is 1.89. The molecule has 0 bridgehead atoms. The van der Waals surface area contributed by atoms with Crippen LogP contribution in [-0.2, 0) is 0 Å². The number of carbonyl (C=O) groups is 1. The monoisotopic (exact) mass is 270 g/mol. The third-order valence-corrected chi connectivity index (χ3v) is 4.16. The van der Waals surface area contributed by atoms with E-state index in [2.05, 4.69) is 0 Å². The molecular formula is C12H8Cl2OS. The molecule has 0 saturated carbocycles. The molecule has 0 saturated heterocycles. The van der Waals surface area contributed by atoms with E-state index in [1.54, 1.807) is 24.3 Å². The first-order valence-electron chi connectivity index (χ1n) is 4.63. The van der Waals surface area contributed by atoms with Crippen LogP contribution in [0.5, 0.6) is 0 Å². The van der Waals surface area contributed by atoms with Crippen molar-refractivity contribution in [3.63, 3.8) is 0 Å². The van der Waals surface area contributed by atoms with Gasteiger partial charge in [0.2, 0.25) is 5.78 Å². The van der Waals surface area contributed by atoms with E-state index >= 15 is 0 Å². The third kappa shape index (κ3) is 2.14. The molecule has 2 rings (SSSR count). The summed E-state index contributed by atoms with van der Waals surface area (Å²) < 4.78 is 0. The number of thiophene rings is 1. The fourth-order valence-electron chi connectivity index (χ4n) is 1.32. The van der Waals surface area contributed by atoms with Crippen molar-refractivity contribution >= 4 is 40.3 Å². The summed E-state index contributed by atoms with van der Waals surface area (Å²) in [6.07, 6.45) is 0. The molecule has 0 aliphatic rings. The predicted octanol–water partition coefficient (Wildman–Crippen LogP) is 4.59. The van der Waals surface area contributed by atoms with E-state index in [1.807, 2.05) is 12.3 Å². The molecule has 0 fully saturated rings. The average molecular weight is 271 g/mol. The average Bonchev–Trinajstić information content (AvgIpc) is 2.60. The summed E-state index contributed by atoms with van der Waals surface area (Å²) in [7, 11) is 0. The van der Waals surface area contributed by atoms with Crippen LogP contribution in [0.3, 0.4) is 0 Å². The number of benzene rings is 1. The second kappa shape index (κ2) is 4.58. The van der Waals surface area contributed by atoms with Crippen molar-refractivity contribution in [1.82, 2.24) is 0 Å². The Balaban J connectivity index is 2.39. The van der Waals surface area contributed by atoms with Crippen LogP contribution in [0, 0.1) is 6.92 Å². The molecular weight excluding hydrogens is 263 g/mol. The van der Waals surface area contributed by atoms with Crippen molar-refractivity contribution in [3.05, 3.63) is 55.7 Å². The van der Waals surface area contributed by atoms with E-state index < -0.39 is 0 Å². The Morgan fingerprint density at radius 2 is 1.81 bits per heavy atom. The van der Waals surface area contributed by atoms with E-state index in [9.17, 15) is 4.79 Å². The Kier molecular flexibility index (Phi) is 3.33. The molecule has 0 spiro atoms. The molecule has 1 aromatic carbocycles. The fourth-order valence-corrected chi connectivity index (χ4v) is 2.68. The van der Waals surface area contributed by atoms with Crippen molar-refractivity contribution in [2.24, 2.45) is 0 Å². The lowest BCUT2D eigenvalue weighted by atomic mass is 10.1. The maximum absolute atomic E-state index is 12.1. The van der Waals surface area contributed by atoms with Gasteiger partial charge in [-0.3, -0.25) is 4.79 Å². The Morgan fingerprint density at radius 1 is 1.19 bits per heavy atom. The van der Waals surface area contributed by atoms with Crippen LogP contribution in [-0.4, -0.2) is 5.78 Å². The fraction of sp³-hybridized carbons (Fsp3) is 0.0833. The minimum atomic E-state index is -0.0558. The van der Waals surface area contributed by atoms with Crippen molar-refractivity contribution in [1.29, 1.82) is 0 Å². The van der Waals surface area contributed by atoms with Crippen molar-refractivity contribution in [2.45, 2.75) is 6.92 Å². The molecule has 0 amide bonds. The van der Waals surface area contributed by atoms with Gasteiger partial charge >= 0.3 is 0 Å². The largest absolute Gasteiger partial charge is 0.288 e. The first-order valence-corrected chi connectivity index (χ1v) is 6.27. The van der Waals surface area contributed by atoms with Gasteiger partial charge in [-0.15, -0.1) is 11.3 Å². The molecule has 1 aromatic heterocycles. The van der Waals surface area contributed by atoms with E-state index in [0.717, 1.165) is 5.56 Å². The highest BCUT2D eigenvalue weighted by molar-refractivity contribution is 7.13. The van der Waals surface area contributed by atoms with E-state index in [-0.39, 0.29) is 5.78 Å². The van der Waals surface area contributed by atoms with Crippen LogP contribution in [0.4, 0.5) is 0 Å². The van der Waals surface area contributed by atoms with Crippen LogP contribution in [0.1, 0.15) is 20.8 Å². The summed E-state index contributed by atoms with van der Waals surface area (Å²) in [5, 5.41) is 3.04. The standard InChI is InChI=1S/C12H8Cl2OS/c1-7-6-16-12(10(7)14)11(15)8-2-4-9(13)5-3-8/h2-6H,1H3. The number of ketones is 1. The van der Waals surface area contributed by atoms with Gasteiger partial charge in [0, 0.05) is 10.6 Å². The Labute approximate surface area is 108 Å². The summed E-state index contributed by atoms with van der Waals surface area (Å²) in [5.74, 6) is -0.0558. The molecule has 16 heavy (non-hydrogen) atoms. The minimum absolute atomic E-state index is 0.0558. The molecule has 1 nitrogen and oxygen atoms in total. The lowest BCUT2D eigenvalue weighted by Gasteiger charge is -1.99. The first-order chi connectivity index (χ1) is 7.59.